The van der Waals surface area contributed by atoms with Crippen LogP contribution in [0.5, 0.6) is 0 Å². The van der Waals surface area contributed by atoms with Gasteiger partial charge in [-0.05, 0) is 59.0 Å². The SMILES string of the molecule is CCCN(C1CCC(N)CC1)C1CC(C)N(C)C1. The fourth-order valence-corrected chi connectivity index (χ4v) is 3.76. The van der Waals surface area contributed by atoms with Gasteiger partial charge in [-0.2, -0.15) is 0 Å². The quantitative estimate of drug-likeness (QED) is 0.832. The number of nitrogens with two attached hydrogens (primary N) is 1. The molecular formula is C15H31N3. The number of hydrogen-bond donors (Lipinski definition) is 1. The fraction of sp³-hybridized carbons (Fsp3) is 1.00. The smallest absolute Gasteiger partial charge is 0.0240 e. The van der Waals surface area contributed by atoms with Crippen molar-refractivity contribution in [1.82, 2.24) is 9.80 Å². The molecule has 1 aliphatic heterocycles. The Bertz CT molecular complexity index is 238. The van der Waals surface area contributed by atoms with Crippen LogP contribution in [0.3, 0.4) is 0 Å². The van der Waals surface area contributed by atoms with Crippen LogP contribution in [0.25, 0.3) is 0 Å². The Morgan fingerprint density at radius 1 is 1.17 bits per heavy atom. The standard InChI is InChI=1S/C15H31N3/c1-4-9-18(14-7-5-13(16)6-8-14)15-10-12(2)17(3)11-15/h12-15H,4-11,16H2,1-3H3. The second-order valence-electron chi connectivity index (χ2n) is 6.48. The van der Waals surface area contributed by atoms with Crippen molar-refractivity contribution in [2.24, 2.45) is 5.73 Å². The number of likely N-dealkylation sites (tertiary alicyclic amines) is 1. The normalized spacial score (nSPS) is 38.5. The van der Waals surface area contributed by atoms with Gasteiger partial charge in [0.1, 0.15) is 0 Å². The maximum Gasteiger partial charge on any atom is 0.0240 e. The molecule has 0 amide bonds. The van der Waals surface area contributed by atoms with Gasteiger partial charge < -0.3 is 10.6 Å². The molecule has 3 heteroatoms. The lowest BCUT2D eigenvalue weighted by molar-refractivity contribution is 0.103. The number of hydrogen-bond acceptors (Lipinski definition) is 3. The molecule has 0 aromatic rings. The molecule has 2 atom stereocenters. The van der Waals surface area contributed by atoms with E-state index in [4.69, 9.17) is 5.73 Å². The summed E-state index contributed by atoms with van der Waals surface area (Å²) in [7, 11) is 2.27. The Labute approximate surface area is 113 Å². The summed E-state index contributed by atoms with van der Waals surface area (Å²) in [5.41, 5.74) is 6.04. The third-order valence-corrected chi connectivity index (χ3v) is 5.03. The summed E-state index contributed by atoms with van der Waals surface area (Å²) >= 11 is 0. The first kappa shape index (κ1) is 14.3. The van der Waals surface area contributed by atoms with Crippen LogP contribution in [-0.2, 0) is 0 Å². The van der Waals surface area contributed by atoms with Gasteiger partial charge in [-0.25, -0.2) is 0 Å². The van der Waals surface area contributed by atoms with Gasteiger partial charge in [-0.15, -0.1) is 0 Å². The van der Waals surface area contributed by atoms with E-state index in [0.717, 1.165) is 18.1 Å². The van der Waals surface area contributed by atoms with Gasteiger partial charge in [0.05, 0.1) is 0 Å². The van der Waals surface area contributed by atoms with E-state index in [2.05, 4.69) is 30.7 Å². The first-order chi connectivity index (χ1) is 8.61. The van der Waals surface area contributed by atoms with Crippen LogP contribution >= 0.6 is 0 Å². The van der Waals surface area contributed by atoms with Gasteiger partial charge in [-0.1, -0.05) is 6.92 Å². The lowest BCUT2D eigenvalue weighted by Crippen LogP contribution is -2.47. The van der Waals surface area contributed by atoms with Crippen LogP contribution in [0.4, 0.5) is 0 Å². The van der Waals surface area contributed by atoms with Gasteiger partial charge in [0.2, 0.25) is 0 Å². The lowest BCUT2D eigenvalue weighted by Gasteiger charge is -2.39. The second-order valence-corrected chi connectivity index (χ2v) is 6.48. The molecule has 1 aliphatic carbocycles. The van der Waals surface area contributed by atoms with E-state index in [9.17, 15) is 0 Å². The van der Waals surface area contributed by atoms with Crippen molar-refractivity contribution in [1.29, 1.82) is 0 Å². The van der Waals surface area contributed by atoms with Crippen LogP contribution < -0.4 is 5.73 Å². The zero-order chi connectivity index (χ0) is 13.1. The Hall–Kier alpha value is -0.120. The van der Waals surface area contributed by atoms with E-state index in [1.54, 1.807) is 0 Å². The maximum atomic E-state index is 6.04. The number of nitrogens with zero attached hydrogens (tertiary/aromatic N) is 2. The van der Waals surface area contributed by atoms with E-state index in [-0.39, 0.29) is 0 Å². The van der Waals surface area contributed by atoms with Crippen molar-refractivity contribution in [2.75, 3.05) is 20.1 Å². The summed E-state index contributed by atoms with van der Waals surface area (Å²) in [5, 5.41) is 0. The first-order valence-corrected chi connectivity index (χ1v) is 7.83. The first-order valence-electron chi connectivity index (χ1n) is 7.83. The van der Waals surface area contributed by atoms with Crippen molar-refractivity contribution in [3.63, 3.8) is 0 Å². The predicted octanol–water partition coefficient (Wildman–Crippen LogP) is 2.06. The van der Waals surface area contributed by atoms with E-state index in [0.29, 0.717) is 6.04 Å². The Balaban J connectivity index is 1.95. The van der Waals surface area contributed by atoms with Gasteiger partial charge in [0, 0.05) is 30.7 Å². The predicted molar refractivity (Wildman–Crippen MR) is 77.7 cm³/mol. The summed E-state index contributed by atoms with van der Waals surface area (Å²) < 4.78 is 0. The summed E-state index contributed by atoms with van der Waals surface area (Å²) in [5.74, 6) is 0. The van der Waals surface area contributed by atoms with Gasteiger partial charge in [0.15, 0.2) is 0 Å². The van der Waals surface area contributed by atoms with Crippen molar-refractivity contribution in [2.45, 2.75) is 76.5 Å². The van der Waals surface area contributed by atoms with Crippen LogP contribution in [-0.4, -0.2) is 54.1 Å². The topological polar surface area (TPSA) is 32.5 Å². The van der Waals surface area contributed by atoms with Crippen LogP contribution in [0.2, 0.25) is 0 Å². The van der Waals surface area contributed by atoms with E-state index in [1.165, 1.54) is 51.6 Å². The van der Waals surface area contributed by atoms with Crippen molar-refractivity contribution in [3.8, 4) is 0 Å². The van der Waals surface area contributed by atoms with Crippen molar-refractivity contribution in [3.05, 3.63) is 0 Å². The lowest BCUT2D eigenvalue weighted by atomic mass is 9.89. The third-order valence-electron chi connectivity index (χ3n) is 5.03. The third kappa shape index (κ3) is 3.25. The highest BCUT2D eigenvalue weighted by molar-refractivity contribution is 4.91. The molecular weight excluding hydrogens is 222 g/mol. The van der Waals surface area contributed by atoms with Gasteiger partial charge in [-0.3, -0.25) is 4.90 Å². The zero-order valence-electron chi connectivity index (χ0n) is 12.4. The highest BCUT2D eigenvalue weighted by Crippen LogP contribution is 2.28. The molecule has 3 nitrogen and oxygen atoms in total. The molecule has 2 aliphatic rings. The molecule has 0 aromatic carbocycles. The molecule has 106 valence electrons. The monoisotopic (exact) mass is 253 g/mol. The molecule has 1 saturated heterocycles. The van der Waals surface area contributed by atoms with E-state index < -0.39 is 0 Å². The molecule has 2 unspecified atom stereocenters. The molecule has 0 aromatic heterocycles. The van der Waals surface area contributed by atoms with Crippen molar-refractivity contribution < 1.29 is 0 Å². The molecule has 1 heterocycles. The molecule has 2 N–H and O–H groups in total. The molecule has 18 heavy (non-hydrogen) atoms. The van der Waals surface area contributed by atoms with Gasteiger partial charge in [0.25, 0.3) is 0 Å². The minimum absolute atomic E-state index is 0.468. The summed E-state index contributed by atoms with van der Waals surface area (Å²) in [4.78, 5) is 5.33. The molecule has 1 saturated carbocycles. The molecule has 2 fully saturated rings. The Morgan fingerprint density at radius 3 is 2.33 bits per heavy atom. The number of likely N-dealkylation sites (N-methyl/N-ethyl adjacent to an activating group) is 1. The number of rotatable bonds is 4. The minimum atomic E-state index is 0.468. The molecule has 0 radical (unpaired) electrons. The average Bonchev–Trinajstić information content (AvgIpc) is 2.68. The van der Waals surface area contributed by atoms with Crippen LogP contribution in [0.1, 0.15) is 52.4 Å². The Kier molecular flexibility index (Phi) is 5.05. The second kappa shape index (κ2) is 6.36. The largest absolute Gasteiger partial charge is 0.328 e. The highest BCUT2D eigenvalue weighted by Gasteiger charge is 2.34. The van der Waals surface area contributed by atoms with E-state index in [1.807, 2.05) is 0 Å². The zero-order valence-corrected chi connectivity index (χ0v) is 12.4. The molecule has 2 rings (SSSR count). The minimum Gasteiger partial charge on any atom is -0.328 e. The van der Waals surface area contributed by atoms with Crippen LogP contribution in [0, 0.1) is 0 Å². The van der Waals surface area contributed by atoms with Crippen LogP contribution in [0.15, 0.2) is 0 Å². The summed E-state index contributed by atoms with van der Waals surface area (Å²) in [6, 6.07) is 2.80. The highest BCUT2D eigenvalue weighted by atomic mass is 15.3. The molecule has 0 spiro atoms. The summed E-state index contributed by atoms with van der Waals surface area (Å²) in [6.45, 7) is 7.19. The van der Waals surface area contributed by atoms with Crippen molar-refractivity contribution >= 4 is 0 Å². The maximum absolute atomic E-state index is 6.04. The average molecular weight is 253 g/mol. The summed E-state index contributed by atoms with van der Waals surface area (Å²) in [6.07, 6.45) is 7.70. The molecule has 0 bridgehead atoms. The van der Waals surface area contributed by atoms with E-state index >= 15 is 0 Å². The van der Waals surface area contributed by atoms with Gasteiger partial charge >= 0.3 is 0 Å². The fourth-order valence-electron chi connectivity index (χ4n) is 3.76. The Morgan fingerprint density at radius 2 is 1.83 bits per heavy atom.